The minimum Gasteiger partial charge on any atom is -0.385 e. The molecule has 0 N–H and O–H groups in total. The topological polar surface area (TPSA) is 70.4 Å². The molecule has 2 aliphatic rings. The highest BCUT2D eigenvalue weighted by Gasteiger charge is 2.33. The van der Waals surface area contributed by atoms with Gasteiger partial charge in [-0.3, -0.25) is 18.9 Å². The van der Waals surface area contributed by atoms with E-state index in [2.05, 4.69) is 21.9 Å². The van der Waals surface area contributed by atoms with Gasteiger partial charge in [0, 0.05) is 58.3 Å². The van der Waals surface area contributed by atoms with Crippen LogP contribution in [0.15, 0.2) is 64.4 Å². The summed E-state index contributed by atoms with van der Waals surface area (Å²) in [5, 5.41) is 0. The lowest BCUT2D eigenvalue weighted by Crippen LogP contribution is -2.47. The van der Waals surface area contributed by atoms with Crippen molar-refractivity contribution >= 4 is 57.4 Å². The van der Waals surface area contributed by atoms with Gasteiger partial charge in [0.15, 0.2) is 0 Å². The van der Waals surface area contributed by atoms with Crippen LogP contribution in [-0.4, -0.2) is 71.0 Å². The number of anilines is 2. The molecule has 2 saturated heterocycles. The predicted octanol–water partition coefficient (Wildman–Crippen LogP) is 3.26. The number of carbonyl (C=O) groups is 1. The molecular weight excluding hydrogens is 494 g/mol. The van der Waals surface area contributed by atoms with E-state index in [1.54, 1.807) is 30.3 Å². The summed E-state index contributed by atoms with van der Waals surface area (Å²) in [4.78, 5) is 38.1. The number of fused-ring (bicyclic) bond motifs is 1. The first-order valence-corrected chi connectivity index (χ1v) is 13.1. The summed E-state index contributed by atoms with van der Waals surface area (Å²) < 4.78 is 7.12. The van der Waals surface area contributed by atoms with Crippen molar-refractivity contribution in [1.29, 1.82) is 0 Å². The Balaban J connectivity index is 1.48. The van der Waals surface area contributed by atoms with Crippen LogP contribution < -0.4 is 15.4 Å². The van der Waals surface area contributed by atoms with Gasteiger partial charge in [0.2, 0.25) is 0 Å². The number of benzene rings is 1. The van der Waals surface area contributed by atoms with Gasteiger partial charge in [0.25, 0.3) is 11.5 Å². The van der Waals surface area contributed by atoms with E-state index in [0.29, 0.717) is 58.9 Å². The lowest BCUT2D eigenvalue weighted by atomic mass is 10.2. The van der Waals surface area contributed by atoms with E-state index in [1.165, 1.54) is 21.8 Å². The van der Waals surface area contributed by atoms with E-state index in [1.807, 2.05) is 30.3 Å². The van der Waals surface area contributed by atoms with Crippen molar-refractivity contribution in [3.05, 3.63) is 75.6 Å². The third-order valence-electron chi connectivity index (χ3n) is 6.33. The molecule has 2 fully saturated rings. The zero-order valence-electron chi connectivity index (χ0n) is 20.0. The molecule has 0 aliphatic carbocycles. The molecule has 10 heteroatoms. The van der Waals surface area contributed by atoms with E-state index in [4.69, 9.17) is 21.9 Å². The number of piperazine rings is 1. The standard InChI is InChI=1S/C26H27N5O3S2/c1-34-17-7-12-31-25(33)21(36-26(31)35)18-20-23(27-22-10-5-6-11-30(22)24(20)32)29-15-13-28(14-16-29)19-8-3-2-4-9-19/h2-6,8-11,18H,7,12-17H2,1H3. The third kappa shape index (κ3) is 4.88. The highest BCUT2D eigenvalue weighted by atomic mass is 32.2. The molecule has 3 aromatic rings. The minimum atomic E-state index is -0.203. The number of nitrogens with zero attached hydrogens (tertiary/aromatic N) is 5. The first-order valence-electron chi connectivity index (χ1n) is 11.9. The molecule has 0 radical (unpaired) electrons. The number of para-hydroxylation sites is 1. The van der Waals surface area contributed by atoms with Crippen LogP contribution in [0.3, 0.4) is 0 Å². The van der Waals surface area contributed by atoms with Crippen LogP contribution in [-0.2, 0) is 9.53 Å². The highest BCUT2D eigenvalue weighted by Crippen LogP contribution is 2.34. The molecule has 2 aliphatic heterocycles. The van der Waals surface area contributed by atoms with Crippen LogP contribution in [0.2, 0.25) is 0 Å². The number of hydrogen-bond donors (Lipinski definition) is 0. The zero-order chi connectivity index (χ0) is 25.1. The van der Waals surface area contributed by atoms with Gasteiger partial charge in [-0.1, -0.05) is 48.2 Å². The molecule has 1 aromatic carbocycles. The molecule has 0 atom stereocenters. The van der Waals surface area contributed by atoms with Gasteiger partial charge in [-0.05, 0) is 36.8 Å². The minimum absolute atomic E-state index is 0.182. The fourth-order valence-electron chi connectivity index (χ4n) is 4.46. The van der Waals surface area contributed by atoms with Crippen molar-refractivity contribution in [2.75, 3.05) is 56.2 Å². The van der Waals surface area contributed by atoms with E-state index < -0.39 is 0 Å². The first-order chi connectivity index (χ1) is 17.6. The average molecular weight is 522 g/mol. The number of methoxy groups -OCH3 is 1. The Morgan fingerprint density at radius 2 is 1.75 bits per heavy atom. The summed E-state index contributed by atoms with van der Waals surface area (Å²) in [5.41, 5.74) is 1.96. The van der Waals surface area contributed by atoms with Crippen LogP contribution in [0, 0.1) is 0 Å². The van der Waals surface area contributed by atoms with Crippen LogP contribution in [0.25, 0.3) is 11.7 Å². The zero-order valence-corrected chi connectivity index (χ0v) is 21.6. The summed E-state index contributed by atoms with van der Waals surface area (Å²) in [5.74, 6) is 0.419. The Kier molecular flexibility index (Phi) is 7.35. The Labute approximate surface area is 219 Å². The van der Waals surface area contributed by atoms with Gasteiger partial charge in [0.05, 0.1) is 10.5 Å². The average Bonchev–Trinajstić information content (AvgIpc) is 3.18. The normalized spacial score (nSPS) is 17.6. The van der Waals surface area contributed by atoms with Crippen LogP contribution in [0.4, 0.5) is 11.5 Å². The summed E-state index contributed by atoms with van der Waals surface area (Å²) in [6.45, 7) is 4.07. The van der Waals surface area contributed by atoms with Crippen LogP contribution >= 0.6 is 24.0 Å². The van der Waals surface area contributed by atoms with Gasteiger partial charge in [-0.2, -0.15) is 0 Å². The predicted molar refractivity (Wildman–Crippen MR) is 149 cm³/mol. The number of aromatic nitrogens is 2. The van der Waals surface area contributed by atoms with Gasteiger partial charge in [-0.25, -0.2) is 4.98 Å². The fourth-order valence-corrected chi connectivity index (χ4v) is 5.75. The molecule has 186 valence electrons. The van der Waals surface area contributed by atoms with Crippen LogP contribution in [0.1, 0.15) is 12.0 Å². The maximum absolute atomic E-state index is 13.6. The number of pyridine rings is 1. The Morgan fingerprint density at radius 3 is 2.50 bits per heavy atom. The summed E-state index contributed by atoms with van der Waals surface area (Å²) in [7, 11) is 1.63. The van der Waals surface area contributed by atoms with E-state index in [0.717, 1.165) is 13.1 Å². The van der Waals surface area contributed by atoms with Crippen molar-refractivity contribution in [1.82, 2.24) is 14.3 Å². The second kappa shape index (κ2) is 10.8. The second-order valence-corrected chi connectivity index (χ2v) is 10.2. The third-order valence-corrected chi connectivity index (χ3v) is 7.71. The van der Waals surface area contributed by atoms with Gasteiger partial charge < -0.3 is 14.5 Å². The van der Waals surface area contributed by atoms with Crippen molar-refractivity contribution < 1.29 is 9.53 Å². The van der Waals surface area contributed by atoms with Crippen LogP contribution in [0.5, 0.6) is 0 Å². The number of rotatable bonds is 7. The quantitative estimate of drug-likeness (QED) is 0.267. The SMILES string of the molecule is COCCCN1C(=O)C(=Cc2c(N3CCN(c4ccccc4)CC3)nc3ccccn3c2=O)SC1=S. The largest absolute Gasteiger partial charge is 0.385 e. The maximum Gasteiger partial charge on any atom is 0.267 e. The molecule has 0 saturated carbocycles. The molecule has 2 aromatic heterocycles. The molecule has 5 rings (SSSR count). The first kappa shape index (κ1) is 24.5. The lowest BCUT2D eigenvalue weighted by molar-refractivity contribution is -0.122. The van der Waals surface area contributed by atoms with E-state index in [9.17, 15) is 9.59 Å². The Bertz CT molecular complexity index is 1370. The van der Waals surface area contributed by atoms with E-state index in [-0.39, 0.29) is 11.5 Å². The van der Waals surface area contributed by atoms with Crippen molar-refractivity contribution in [2.45, 2.75) is 6.42 Å². The molecule has 0 unspecified atom stereocenters. The van der Waals surface area contributed by atoms with Gasteiger partial charge in [-0.15, -0.1) is 0 Å². The summed E-state index contributed by atoms with van der Waals surface area (Å²) in [6, 6.07) is 15.8. The second-order valence-electron chi connectivity index (χ2n) is 8.57. The fraction of sp³-hybridized carbons (Fsp3) is 0.308. The van der Waals surface area contributed by atoms with Crippen molar-refractivity contribution in [3.8, 4) is 0 Å². The maximum atomic E-state index is 13.6. The summed E-state index contributed by atoms with van der Waals surface area (Å²) >= 11 is 6.69. The summed E-state index contributed by atoms with van der Waals surface area (Å²) in [6.07, 6.45) is 4.06. The number of amides is 1. The molecule has 36 heavy (non-hydrogen) atoms. The molecule has 0 bridgehead atoms. The van der Waals surface area contributed by atoms with Gasteiger partial charge in [0.1, 0.15) is 15.8 Å². The van der Waals surface area contributed by atoms with E-state index >= 15 is 0 Å². The molecule has 8 nitrogen and oxygen atoms in total. The molecule has 1 amide bonds. The van der Waals surface area contributed by atoms with Crippen molar-refractivity contribution in [2.24, 2.45) is 0 Å². The number of thioether (sulfide) groups is 1. The number of thiocarbonyl (C=S) groups is 1. The number of ether oxygens (including phenoxy) is 1. The molecule has 4 heterocycles. The molecule has 0 spiro atoms. The molecular formula is C26H27N5O3S2. The number of carbonyl (C=O) groups excluding carboxylic acids is 1. The highest BCUT2D eigenvalue weighted by molar-refractivity contribution is 8.26. The van der Waals surface area contributed by atoms with Gasteiger partial charge >= 0.3 is 0 Å². The Hall–Kier alpha value is -3.21. The monoisotopic (exact) mass is 521 g/mol. The smallest absolute Gasteiger partial charge is 0.267 e. The van der Waals surface area contributed by atoms with Crippen molar-refractivity contribution in [3.63, 3.8) is 0 Å². The number of hydrogen-bond acceptors (Lipinski definition) is 8. The lowest BCUT2D eigenvalue weighted by Gasteiger charge is -2.37. The Morgan fingerprint density at radius 1 is 1.03 bits per heavy atom.